The van der Waals surface area contributed by atoms with Crippen LogP contribution in [-0.4, -0.2) is 24.5 Å². The number of ether oxygens (including phenoxy) is 1. The second-order valence-corrected chi connectivity index (χ2v) is 6.91. The number of carbonyl (C=O) groups excluding carboxylic acids is 1. The number of nitrogens with one attached hydrogen (secondary N) is 2. The Morgan fingerprint density at radius 2 is 2.13 bits per heavy atom. The number of nitrogens with zero attached hydrogens (tertiary/aromatic N) is 2. The fourth-order valence-electron chi connectivity index (χ4n) is 2.71. The van der Waals surface area contributed by atoms with E-state index >= 15 is 0 Å². The van der Waals surface area contributed by atoms with Crippen LogP contribution in [0.25, 0.3) is 0 Å². The maximum atomic E-state index is 13.4. The molecule has 1 aromatic carbocycles. The van der Waals surface area contributed by atoms with Crippen molar-refractivity contribution < 1.29 is 13.9 Å². The SMILES string of the molecule is C=C(CC)Nc1ccc(C#N)cn1.COc1cc(F)cc(C2(NCC(N)=O)CC2)c1. The fourth-order valence-corrected chi connectivity index (χ4v) is 2.71. The fraction of sp³-hybridized carbons (Fsp3) is 0.318. The van der Waals surface area contributed by atoms with Crippen LogP contribution in [0.2, 0.25) is 0 Å². The summed E-state index contributed by atoms with van der Waals surface area (Å²) in [6.45, 7) is 5.90. The molecule has 1 aliphatic rings. The molecule has 0 bridgehead atoms. The van der Waals surface area contributed by atoms with Gasteiger partial charge in [-0.15, -0.1) is 0 Å². The Labute approximate surface area is 175 Å². The van der Waals surface area contributed by atoms with E-state index in [1.807, 2.05) is 13.0 Å². The molecule has 0 saturated heterocycles. The van der Waals surface area contributed by atoms with E-state index in [0.29, 0.717) is 11.3 Å². The highest BCUT2D eigenvalue weighted by molar-refractivity contribution is 5.76. The Kier molecular flexibility index (Phi) is 7.90. The number of amides is 1. The topological polar surface area (TPSA) is 113 Å². The molecule has 1 heterocycles. The van der Waals surface area contributed by atoms with Gasteiger partial charge in [-0.2, -0.15) is 5.26 Å². The minimum Gasteiger partial charge on any atom is -0.497 e. The lowest BCUT2D eigenvalue weighted by Crippen LogP contribution is -2.36. The van der Waals surface area contributed by atoms with Crippen molar-refractivity contribution in [1.29, 1.82) is 5.26 Å². The van der Waals surface area contributed by atoms with Crippen molar-refractivity contribution in [2.24, 2.45) is 5.73 Å². The van der Waals surface area contributed by atoms with E-state index in [-0.39, 0.29) is 17.9 Å². The third kappa shape index (κ3) is 6.57. The summed E-state index contributed by atoms with van der Waals surface area (Å²) in [5.41, 5.74) is 7.05. The number of hydrogen-bond acceptors (Lipinski definition) is 6. The summed E-state index contributed by atoms with van der Waals surface area (Å²) in [6.07, 6.45) is 4.13. The summed E-state index contributed by atoms with van der Waals surface area (Å²) in [5.74, 6) is 0.448. The van der Waals surface area contributed by atoms with Gasteiger partial charge in [-0.1, -0.05) is 13.5 Å². The molecular weight excluding hydrogens is 385 g/mol. The maximum Gasteiger partial charge on any atom is 0.231 e. The monoisotopic (exact) mass is 411 g/mol. The number of halogens is 1. The van der Waals surface area contributed by atoms with Gasteiger partial charge in [-0.25, -0.2) is 9.37 Å². The quantitative estimate of drug-likeness (QED) is 0.615. The normalized spacial score (nSPS) is 13.3. The molecule has 1 aliphatic carbocycles. The van der Waals surface area contributed by atoms with E-state index in [1.165, 1.54) is 25.4 Å². The zero-order valence-electron chi connectivity index (χ0n) is 17.2. The lowest BCUT2D eigenvalue weighted by Gasteiger charge is -2.17. The molecule has 158 valence electrons. The molecule has 3 rings (SSSR count). The van der Waals surface area contributed by atoms with Crippen molar-refractivity contribution in [2.45, 2.75) is 31.7 Å². The van der Waals surface area contributed by atoms with Crippen molar-refractivity contribution in [3.05, 3.63) is 65.7 Å². The maximum absolute atomic E-state index is 13.4. The predicted molar refractivity (Wildman–Crippen MR) is 113 cm³/mol. The van der Waals surface area contributed by atoms with Crippen molar-refractivity contribution in [3.63, 3.8) is 0 Å². The summed E-state index contributed by atoms with van der Waals surface area (Å²) in [4.78, 5) is 14.8. The molecule has 8 heteroatoms. The Morgan fingerprint density at radius 1 is 1.40 bits per heavy atom. The van der Waals surface area contributed by atoms with Gasteiger partial charge in [0, 0.05) is 23.5 Å². The predicted octanol–water partition coefficient (Wildman–Crippen LogP) is 3.19. The number of hydrogen-bond donors (Lipinski definition) is 3. The number of nitriles is 1. The van der Waals surface area contributed by atoms with Gasteiger partial charge in [-0.3, -0.25) is 10.1 Å². The van der Waals surface area contributed by atoms with Gasteiger partial charge in [0.05, 0.1) is 19.2 Å². The van der Waals surface area contributed by atoms with Crippen LogP contribution in [0.3, 0.4) is 0 Å². The largest absolute Gasteiger partial charge is 0.497 e. The molecule has 2 aromatic rings. The van der Waals surface area contributed by atoms with E-state index in [1.54, 1.807) is 18.2 Å². The number of aromatic nitrogens is 1. The number of allylic oxidation sites excluding steroid dienone is 1. The molecule has 30 heavy (non-hydrogen) atoms. The number of nitrogens with two attached hydrogens (primary N) is 1. The Bertz CT molecular complexity index is 934. The summed E-state index contributed by atoms with van der Waals surface area (Å²) in [5, 5.41) is 14.6. The van der Waals surface area contributed by atoms with Crippen molar-refractivity contribution in [1.82, 2.24) is 10.3 Å². The molecule has 1 aromatic heterocycles. The number of primary amides is 1. The van der Waals surface area contributed by atoms with Crippen LogP contribution in [0.5, 0.6) is 5.75 Å². The van der Waals surface area contributed by atoms with Crippen LogP contribution >= 0.6 is 0 Å². The Balaban J connectivity index is 0.000000222. The molecule has 0 radical (unpaired) electrons. The smallest absolute Gasteiger partial charge is 0.231 e. The average molecular weight is 411 g/mol. The highest BCUT2D eigenvalue weighted by atomic mass is 19.1. The third-order valence-corrected chi connectivity index (χ3v) is 4.63. The highest BCUT2D eigenvalue weighted by Crippen LogP contribution is 2.46. The summed E-state index contributed by atoms with van der Waals surface area (Å²) >= 11 is 0. The number of methoxy groups -OCH3 is 1. The van der Waals surface area contributed by atoms with Gasteiger partial charge in [0.25, 0.3) is 0 Å². The number of anilines is 1. The lowest BCUT2D eigenvalue weighted by molar-refractivity contribution is -0.117. The number of benzene rings is 1. The Hall–Kier alpha value is -3.44. The minimum absolute atomic E-state index is 0.0961. The van der Waals surface area contributed by atoms with Crippen LogP contribution in [0.15, 0.2) is 48.8 Å². The lowest BCUT2D eigenvalue weighted by atomic mass is 10.0. The van der Waals surface area contributed by atoms with Crippen LogP contribution < -0.4 is 21.1 Å². The standard InChI is InChI=1S/C12H15FN2O2.C10H11N3/c1-17-10-5-8(4-9(13)6-10)12(2-3-12)15-7-11(14)16;1-3-8(2)13-10-5-4-9(6-11)7-12-10/h4-6,15H,2-3,7H2,1H3,(H2,14,16);4-5,7H,2-3H2,1H3,(H,12,13). The van der Waals surface area contributed by atoms with Crippen molar-refractivity contribution in [2.75, 3.05) is 19.0 Å². The van der Waals surface area contributed by atoms with Crippen molar-refractivity contribution >= 4 is 11.7 Å². The summed E-state index contributed by atoms with van der Waals surface area (Å²) in [7, 11) is 1.50. The van der Waals surface area contributed by atoms with E-state index < -0.39 is 5.91 Å². The molecule has 1 fully saturated rings. The number of carbonyl (C=O) groups is 1. The van der Waals surface area contributed by atoms with E-state index in [9.17, 15) is 9.18 Å². The second kappa shape index (κ2) is 10.4. The molecule has 1 saturated carbocycles. The second-order valence-electron chi connectivity index (χ2n) is 6.91. The molecule has 0 atom stereocenters. The van der Waals surface area contributed by atoms with E-state index in [4.69, 9.17) is 15.7 Å². The summed E-state index contributed by atoms with van der Waals surface area (Å²) in [6, 6.07) is 10.1. The van der Waals surface area contributed by atoms with Crippen LogP contribution in [0.4, 0.5) is 10.2 Å². The van der Waals surface area contributed by atoms with E-state index in [0.717, 1.165) is 36.3 Å². The summed E-state index contributed by atoms with van der Waals surface area (Å²) < 4.78 is 18.4. The zero-order chi connectivity index (χ0) is 22.1. The number of pyridine rings is 1. The zero-order valence-corrected chi connectivity index (χ0v) is 17.2. The van der Waals surface area contributed by atoms with Gasteiger partial charge in [0.1, 0.15) is 23.5 Å². The molecule has 4 N–H and O–H groups in total. The van der Waals surface area contributed by atoms with Gasteiger partial charge in [-0.05, 0) is 49.1 Å². The Morgan fingerprint density at radius 3 is 2.63 bits per heavy atom. The van der Waals surface area contributed by atoms with Gasteiger partial charge < -0.3 is 15.8 Å². The van der Waals surface area contributed by atoms with Crippen LogP contribution in [0.1, 0.15) is 37.3 Å². The van der Waals surface area contributed by atoms with Crippen LogP contribution in [-0.2, 0) is 10.3 Å². The minimum atomic E-state index is -0.417. The third-order valence-electron chi connectivity index (χ3n) is 4.63. The van der Waals surface area contributed by atoms with Crippen molar-refractivity contribution in [3.8, 4) is 11.8 Å². The molecule has 0 spiro atoms. The van der Waals surface area contributed by atoms with Gasteiger partial charge >= 0.3 is 0 Å². The first kappa shape index (κ1) is 22.8. The van der Waals surface area contributed by atoms with Crippen LogP contribution in [0, 0.1) is 17.1 Å². The number of rotatable bonds is 8. The first-order valence-corrected chi connectivity index (χ1v) is 9.51. The van der Waals surface area contributed by atoms with E-state index in [2.05, 4.69) is 22.2 Å². The highest BCUT2D eigenvalue weighted by Gasteiger charge is 2.44. The molecular formula is C22H26FN5O2. The molecule has 1 amide bonds. The molecule has 0 unspecified atom stereocenters. The molecule has 7 nitrogen and oxygen atoms in total. The van der Waals surface area contributed by atoms with Gasteiger partial charge in [0.15, 0.2) is 0 Å². The first-order valence-electron chi connectivity index (χ1n) is 9.51. The first-order chi connectivity index (χ1) is 14.3. The molecule has 0 aliphatic heterocycles. The van der Waals surface area contributed by atoms with Gasteiger partial charge in [0.2, 0.25) is 5.91 Å². The average Bonchev–Trinajstić information content (AvgIpc) is 3.54.